The molecular weight excluding hydrogens is 160 g/mol. The fraction of sp³-hybridized carbons (Fsp3) is 0. The van der Waals surface area contributed by atoms with Crippen LogP contribution in [-0.4, -0.2) is 20.4 Å². The van der Waals surface area contributed by atoms with Crippen LogP contribution in [0.25, 0.3) is 11.0 Å². The Labute approximate surface area is 67.3 Å². The molecule has 0 atom stereocenters. The van der Waals surface area contributed by atoms with E-state index >= 15 is 0 Å². The molecule has 4 nitrogen and oxygen atoms in total. The van der Waals surface area contributed by atoms with Crippen molar-refractivity contribution in [1.29, 1.82) is 0 Å². The molecule has 0 radical (unpaired) electrons. The van der Waals surface area contributed by atoms with Gasteiger partial charge in [0, 0.05) is 12.3 Å². The third kappa shape index (κ3) is 1.10. The first-order valence-electron chi connectivity index (χ1n) is 3.04. The Balaban J connectivity index is 3.00. The Bertz CT molecular complexity index is 436. The van der Waals surface area contributed by atoms with Crippen LogP contribution >= 0.6 is 12.2 Å². The van der Waals surface area contributed by atoms with E-state index in [0.29, 0.717) is 4.64 Å². The van der Waals surface area contributed by atoms with Crippen molar-refractivity contribution < 1.29 is 0 Å². The van der Waals surface area contributed by atoms with Crippen LogP contribution in [0.15, 0.2) is 18.3 Å². The van der Waals surface area contributed by atoms with Crippen molar-refractivity contribution in [3.05, 3.63) is 23.0 Å². The van der Waals surface area contributed by atoms with Gasteiger partial charge >= 0.3 is 0 Å². The highest BCUT2D eigenvalue weighted by molar-refractivity contribution is 7.71. The van der Waals surface area contributed by atoms with E-state index in [2.05, 4.69) is 20.4 Å². The molecule has 11 heavy (non-hydrogen) atoms. The van der Waals surface area contributed by atoms with Crippen LogP contribution in [0.2, 0.25) is 0 Å². The van der Waals surface area contributed by atoms with Gasteiger partial charge in [0.15, 0.2) is 4.64 Å². The molecule has 0 amide bonds. The third-order valence-corrected chi connectivity index (χ3v) is 1.52. The largest absolute Gasteiger partial charge is 0.360 e. The van der Waals surface area contributed by atoms with Gasteiger partial charge in [-0.3, -0.25) is 0 Å². The first-order valence-corrected chi connectivity index (χ1v) is 3.45. The fourth-order valence-electron chi connectivity index (χ4n) is 0.844. The summed E-state index contributed by atoms with van der Waals surface area (Å²) < 4.78 is 0.440. The van der Waals surface area contributed by atoms with Crippen LogP contribution in [0, 0.1) is 4.64 Å². The Morgan fingerprint density at radius 1 is 1.36 bits per heavy atom. The summed E-state index contributed by atoms with van der Waals surface area (Å²) >= 11 is 4.84. The number of hydrogen-bond acceptors (Lipinski definition) is 4. The van der Waals surface area contributed by atoms with Crippen LogP contribution in [0.3, 0.4) is 0 Å². The van der Waals surface area contributed by atoms with Gasteiger partial charge in [0.1, 0.15) is 5.52 Å². The van der Waals surface area contributed by atoms with E-state index < -0.39 is 0 Å². The van der Waals surface area contributed by atoms with Crippen LogP contribution in [-0.2, 0) is 0 Å². The predicted molar refractivity (Wildman–Crippen MR) is 42.5 cm³/mol. The van der Waals surface area contributed by atoms with Gasteiger partial charge in [-0.2, -0.15) is 0 Å². The van der Waals surface area contributed by atoms with E-state index in [1.165, 1.54) is 0 Å². The van der Waals surface area contributed by atoms with Crippen LogP contribution in [0.1, 0.15) is 0 Å². The van der Waals surface area contributed by atoms with E-state index in [1.807, 2.05) is 6.07 Å². The Morgan fingerprint density at radius 3 is 3.18 bits per heavy atom. The lowest BCUT2D eigenvalue weighted by molar-refractivity contribution is 0.901. The quantitative estimate of drug-likeness (QED) is 0.592. The minimum absolute atomic E-state index is 0.440. The number of H-pyrrole nitrogens is 1. The first-order chi connectivity index (χ1) is 5.36. The second kappa shape index (κ2) is 2.35. The van der Waals surface area contributed by atoms with E-state index in [4.69, 9.17) is 12.2 Å². The predicted octanol–water partition coefficient (Wildman–Crippen LogP) is 1.08. The molecular formula is C6H4N4S. The van der Waals surface area contributed by atoms with Crippen LogP contribution in [0.5, 0.6) is 0 Å². The maximum Gasteiger partial charge on any atom is 0.152 e. The SMILES string of the molecule is S=c1cc2[nH]ccc2nnn1. The molecule has 0 aliphatic rings. The molecule has 0 spiro atoms. The second-order valence-electron chi connectivity index (χ2n) is 2.05. The van der Waals surface area contributed by atoms with Crippen LogP contribution in [0.4, 0.5) is 0 Å². The van der Waals surface area contributed by atoms with Crippen molar-refractivity contribution in [2.24, 2.45) is 0 Å². The molecule has 2 heterocycles. The Morgan fingerprint density at radius 2 is 2.27 bits per heavy atom. The molecule has 2 aromatic heterocycles. The average molecular weight is 164 g/mol. The van der Waals surface area contributed by atoms with Gasteiger partial charge in [-0.15, -0.1) is 10.2 Å². The van der Waals surface area contributed by atoms with Crippen molar-refractivity contribution in [3.8, 4) is 0 Å². The third-order valence-electron chi connectivity index (χ3n) is 1.32. The average Bonchev–Trinajstić information content (AvgIpc) is 2.31. The molecule has 0 bridgehead atoms. The summed E-state index contributed by atoms with van der Waals surface area (Å²) in [6.45, 7) is 0. The number of nitrogens with zero attached hydrogens (tertiary/aromatic N) is 3. The van der Waals surface area contributed by atoms with Gasteiger partial charge in [-0.1, -0.05) is 12.2 Å². The molecule has 5 heteroatoms. The highest BCUT2D eigenvalue weighted by Crippen LogP contribution is 2.04. The molecule has 0 saturated heterocycles. The Kier molecular flexibility index (Phi) is 1.36. The molecule has 2 aromatic rings. The maximum absolute atomic E-state index is 4.84. The number of fused-ring (bicyclic) bond motifs is 1. The van der Waals surface area contributed by atoms with Crippen molar-refractivity contribution in [1.82, 2.24) is 20.4 Å². The van der Waals surface area contributed by atoms with E-state index in [0.717, 1.165) is 11.0 Å². The zero-order valence-electron chi connectivity index (χ0n) is 5.48. The maximum atomic E-state index is 4.84. The van der Waals surface area contributed by atoms with Gasteiger partial charge in [0.05, 0.1) is 5.52 Å². The van der Waals surface area contributed by atoms with E-state index in [9.17, 15) is 0 Å². The van der Waals surface area contributed by atoms with E-state index in [1.54, 1.807) is 12.3 Å². The topological polar surface area (TPSA) is 54.5 Å². The number of aromatic amines is 1. The van der Waals surface area contributed by atoms with Crippen molar-refractivity contribution in [3.63, 3.8) is 0 Å². The standard InChI is InChI=1S/C6H4N4S/c11-6-3-5-4(1-2-7-5)8-10-9-6/h1-3,7H. The fourth-order valence-corrected chi connectivity index (χ4v) is 0.998. The lowest BCUT2D eigenvalue weighted by Crippen LogP contribution is -1.75. The molecule has 54 valence electrons. The van der Waals surface area contributed by atoms with E-state index in [-0.39, 0.29) is 0 Å². The normalized spacial score (nSPS) is 10.2. The lowest BCUT2D eigenvalue weighted by Gasteiger charge is -1.72. The molecule has 0 fully saturated rings. The minimum Gasteiger partial charge on any atom is -0.360 e. The molecule has 0 saturated carbocycles. The highest BCUT2D eigenvalue weighted by Gasteiger charge is 1.91. The number of nitrogens with one attached hydrogen (secondary N) is 1. The highest BCUT2D eigenvalue weighted by atomic mass is 32.1. The number of hydrogen-bond donors (Lipinski definition) is 1. The summed E-state index contributed by atoms with van der Waals surface area (Å²) in [6.07, 6.45) is 1.79. The summed E-state index contributed by atoms with van der Waals surface area (Å²) in [4.78, 5) is 2.97. The number of aromatic nitrogens is 4. The molecule has 0 aliphatic heterocycles. The summed E-state index contributed by atoms with van der Waals surface area (Å²) in [5, 5.41) is 11.0. The van der Waals surface area contributed by atoms with Gasteiger partial charge in [0.25, 0.3) is 0 Å². The van der Waals surface area contributed by atoms with Crippen molar-refractivity contribution in [2.75, 3.05) is 0 Å². The van der Waals surface area contributed by atoms with Gasteiger partial charge in [-0.25, -0.2) is 0 Å². The summed E-state index contributed by atoms with van der Waals surface area (Å²) in [5.74, 6) is 0. The van der Waals surface area contributed by atoms with Gasteiger partial charge < -0.3 is 4.98 Å². The smallest absolute Gasteiger partial charge is 0.152 e. The molecule has 2 rings (SSSR count). The first kappa shape index (κ1) is 6.36. The molecule has 0 aromatic carbocycles. The monoisotopic (exact) mass is 164 g/mol. The lowest BCUT2D eigenvalue weighted by atomic mass is 10.5. The van der Waals surface area contributed by atoms with Crippen molar-refractivity contribution >= 4 is 23.3 Å². The van der Waals surface area contributed by atoms with Crippen LogP contribution < -0.4 is 0 Å². The van der Waals surface area contributed by atoms with Crippen molar-refractivity contribution in [2.45, 2.75) is 0 Å². The summed E-state index contributed by atoms with van der Waals surface area (Å²) in [7, 11) is 0. The Hall–Kier alpha value is -1.36. The zero-order chi connectivity index (χ0) is 7.68. The minimum atomic E-state index is 0.440. The molecule has 0 aliphatic carbocycles. The van der Waals surface area contributed by atoms with Gasteiger partial charge in [0.2, 0.25) is 0 Å². The zero-order valence-corrected chi connectivity index (χ0v) is 6.30. The second-order valence-corrected chi connectivity index (χ2v) is 2.47. The number of rotatable bonds is 0. The molecule has 1 N–H and O–H groups in total. The molecule has 0 unspecified atom stereocenters. The van der Waals surface area contributed by atoms with Gasteiger partial charge in [-0.05, 0) is 11.3 Å². The summed E-state index contributed by atoms with van der Waals surface area (Å²) in [5.41, 5.74) is 1.63. The summed E-state index contributed by atoms with van der Waals surface area (Å²) in [6, 6.07) is 3.55.